The predicted octanol–water partition coefficient (Wildman–Crippen LogP) is 1.96. The number of rotatable bonds is 4. The van der Waals surface area contributed by atoms with Crippen molar-refractivity contribution in [1.82, 2.24) is 5.32 Å². The minimum absolute atomic E-state index is 0.0353. The SMILES string of the molecule is COC(=O)CNC(C)(C)CC(C)(C)C. The van der Waals surface area contributed by atoms with E-state index in [1.54, 1.807) is 0 Å². The van der Waals surface area contributed by atoms with Crippen molar-refractivity contribution in [2.24, 2.45) is 5.41 Å². The highest BCUT2D eigenvalue weighted by Crippen LogP contribution is 2.26. The molecule has 0 aliphatic rings. The standard InChI is InChI=1S/C11H23NO2/c1-10(2,3)8-11(4,5)12-7-9(13)14-6/h12H,7-8H2,1-6H3. The van der Waals surface area contributed by atoms with E-state index in [4.69, 9.17) is 0 Å². The van der Waals surface area contributed by atoms with E-state index >= 15 is 0 Å². The van der Waals surface area contributed by atoms with Gasteiger partial charge in [0.05, 0.1) is 13.7 Å². The monoisotopic (exact) mass is 201 g/mol. The number of hydrogen-bond acceptors (Lipinski definition) is 3. The van der Waals surface area contributed by atoms with Crippen LogP contribution < -0.4 is 5.32 Å². The van der Waals surface area contributed by atoms with Crippen molar-refractivity contribution in [3.8, 4) is 0 Å². The van der Waals surface area contributed by atoms with Gasteiger partial charge in [-0.3, -0.25) is 4.79 Å². The fourth-order valence-corrected chi connectivity index (χ4v) is 1.77. The summed E-state index contributed by atoms with van der Waals surface area (Å²) in [7, 11) is 1.40. The van der Waals surface area contributed by atoms with Crippen LogP contribution in [0.15, 0.2) is 0 Å². The molecule has 0 amide bonds. The van der Waals surface area contributed by atoms with Crippen molar-refractivity contribution in [2.75, 3.05) is 13.7 Å². The first-order chi connectivity index (χ1) is 6.16. The summed E-state index contributed by atoms with van der Waals surface area (Å²) < 4.78 is 4.57. The molecule has 0 heterocycles. The highest BCUT2D eigenvalue weighted by atomic mass is 16.5. The molecule has 0 fully saturated rings. The van der Waals surface area contributed by atoms with Crippen LogP contribution in [0.5, 0.6) is 0 Å². The molecular weight excluding hydrogens is 178 g/mol. The number of esters is 1. The molecule has 0 aromatic heterocycles. The van der Waals surface area contributed by atoms with E-state index in [1.807, 2.05) is 0 Å². The van der Waals surface area contributed by atoms with Crippen molar-refractivity contribution in [3.63, 3.8) is 0 Å². The maximum Gasteiger partial charge on any atom is 0.319 e. The second-order valence-corrected chi connectivity index (χ2v) is 5.55. The normalized spacial score (nSPS) is 12.7. The summed E-state index contributed by atoms with van der Waals surface area (Å²) in [5, 5.41) is 3.19. The van der Waals surface area contributed by atoms with E-state index in [9.17, 15) is 4.79 Å². The van der Waals surface area contributed by atoms with Crippen LogP contribution in [0.2, 0.25) is 0 Å². The lowest BCUT2D eigenvalue weighted by molar-refractivity contribution is -0.140. The Hall–Kier alpha value is -0.570. The van der Waals surface area contributed by atoms with Gasteiger partial charge >= 0.3 is 5.97 Å². The average Bonchev–Trinajstić information content (AvgIpc) is 1.96. The van der Waals surface area contributed by atoms with Crippen LogP contribution in [0.25, 0.3) is 0 Å². The molecule has 0 saturated carbocycles. The van der Waals surface area contributed by atoms with Gasteiger partial charge in [0.2, 0.25) is 0 Å². The predicted molar refractivity (Wildman–Crippen MR) is 58.2 cm³/mol. The zero-order chi connectivity index (χ0) is 11.4. The Labute approximate surface area is 87.2 Å². The third-order valence-electron chi connectivity index (χ3n) is 1.91. The fourth-order valence-electron chi connectivity index (χ4n) is 1.77. The van der Waals surface area contributed by atoms with Crippen LogP contribution in [0.4, 0.5) is 0 Å². The maximum atomic E-state index is 10.9. The molecule has 14 heavy (non-hydrogen) atoms. The lowest BCUT2D eigenvalue weighted by Gasteiger charge is -2.33. The Morgan fingerprint density at radius 2 is 1.71 bits per heavy atom. The smallest absolute Gasteiger partial charge is 0.319 e. The van der Waals surface area contributed by atoms with E-state index in [0.29, 0.717) is 0 Å². The molecule has 0 aliphatic heterocycles. The van der Waals surface area contributed by atoms with E-state index < -0.39 is 0 Å². The lowest BCUT2D eigenvalue weighted by Crippen LogP contribution is -2.44. The lowest BCUT2D eigenvalue weighted by atomic mass is 9.82. The molecule has 0 aromatic carbocycles. The Balaban J connectivity index is 4.01. The van der Waals surface area contributed by atoms with Crippen molar-refractivity contribution in [3.05, 3.63) is 0 Å². The summed E-state index contributed by atoms with van der Waals surface area (Å²) in [4.78, 5) is 10.9. The number of nitrogens with one attached hydrogen (secondary N) is 1. The van der Waals surface area contributed by atoms with E-state index in [0.717, 1.165) is 6.42 Å². The van der Waals surface area contributed by atoms with Crippen molar-refractivity contribution in [1.29, 1.82) is 0 Å². The summed E-state index contributed by atoms with van der Waals surface area (Å²) in [6, 6.07) is 0. The number of ether oxygens (including phenoxy) is 1. The summed E-state index contributed by atoms with van der Waals surface area (Å²) >= 11 is 0. The van der Waals surface area contributed by atoms with E-state index in [2.05, 4.69) is 44.7 Å². The summed E-state index contributed by atoms with van der Waals surface area (Å²) in [5.41, 5.74) is 0.221. The molecule has 3 heteroatoms. The first-order valence-electron chi connectivity index (χ1n) is 4.98. The Kier molecular flexibility index (Phi) is 4.59. The van der Waals surface area contributed by atoms with Gasteiger partial charge in [-0.05, 0) is 25.7 Å². The quantitative estimate of drug-likeness (QED) is 0.707. The van der Waals surface area contributed by atoms with Gasteiger partial charge in [0.15, 0.2) is 0 Å². The topological polar surface area (TPSA) is 38.3 Å². The van der Waals surface area contributed by atoms with Crippen LogP contribution in [0, 0.1) is 5.41 Å². The first kappa shape index (κ1) is 13.4. The second kappa shape index (κ2) is 4.78. The van der Waals surface area contributed by atoms with Crippen LogP contribution >= 0.6 is 0 Å². The largest absolute Gasteiger partial charge is 0.468 e. The van der Waals surface area contributed by atoms with Crippen molar-refractivity contribution in [2.45, 2.75) is 46.6 Å². The van der Waals surface area contributed by atoms with Crippen LogP contribution in [0.1, 0.15) is 41.0 Å². The molecule has 0 radical (unpaired) electrons. The van der Waals surface area contributed by atoms with E-state index in [-0.39, 0.29) is 23.5 Å². The molecule has 0 bridgehead atoms. The molecule has 84 valence electrons. The maximum absolute atomic E-state index is 10.9. The Morgan fingerprint density at radius 1 is 1.21 bits per heavy atom. The van der Waals surface area contributed by atoms with E-state index in [1.165, 1.54) is 7.11 Å². The highest BCUT2D eigenvalue weighted by Gasteiger charge is 2.25. The first-order valence-corrected chi connectivity index (χ1v) is 4.98. The number of carbonyl (C=O) groups excluding carboxylic acids is 1. The molecule has 0 rings (SSSR count). The van der Waals surface area contributed by atoms with Gasteiger partial charge in [-0.15, -0.1) is 0 Å². The molecule has 0 saturated heterocycles. The third-order valence-corrected chi connectivity index (χ3v) is 1.91. The zero-order valence-electron chi connectivity index (χ0n) is 10.2. The molecule has 0 aromatic rings. The zero-order valence-corrected chi connectivity index (χ0v) is 10.2. The highest BCUT2D eigenvalue weighted by molar-refractivity contribution is 5.71. The minimum atomic E-state index is -0.216. The molecule has 3 nitrogen and oxygen atoms in total. The molecule has 0 atom stereocenters. The van der Waals surface area contributed by atoms with Crippen LogP contribution in [-0.2, 0) is 9.53 Å². The molecular formula is C11H23NO2. The van der Waals surface area contributed by atoms with Gasteiger partial charge in [-0.2, -0.15) is 0 Å². The second-order valence-electron chi connectivity index (χ2n) is 5.55. The average molecular weight is 201 g/mol. The van der Waals surface area contributed by atoms with Crippen LogP contribution in [0.3, 0.4) is 0 Å². The number of methoxy groups -OCH3 is 1. The molecule has 1 N–H and O–H groups in total. The number of carbonyl (C=O) groups is 1. The summed E-state index contributed by atoms with van der Waals surface area (Å²) in [5.74, 6) is -0.216. The van der Waals surface area contributed by atoms with Gasteiger partial charge in [0.1, 0.15) is 0 Å². The fraction of sp³-hybridized carbons (Fsp3) is 0.909. The Bertz CT molecular complexity index is 192. The van der Waals surface area contributed by atoms with Gasteiger partial charge in [-0.1, -0.05) is 20.8 Å². The molecule has 0 spiro atoms. The van der Waals surface area contributed by atoms with Gasteiger partial charge in [0.25, 0.3) is 0 Å². The third kappa shape index (κ3) is 6.89. The minimum Gasteiger partial charge on any atom is -0.468 e. The number of hydrogen-bond donors (Lipinski definition) is 1. The molecule has 0 aliphatic carbocycles. The van der Waals surface area contributed by atoms with Crippen molar-refractivity contribution < 1.29 is 9.53 Å². The van der Waals surface area contributed by atoms with Gasteiger partial charge in [-0.25, -0.2) is 0 Å². The molecule has 0 unspecified atom stereocenters. The van der Waals surface area contributed by atoms with Crippen molar-refractivity contribution >= 4 is 5.97 Å². The van der Waals surface area contributed by atoms with Gasteiger partial charge < -0.3 is 10.1 Å². The van der Waals surface area contributed by atoms with Gasteiger partial charge in [0, 0.05) is 5.54 Å². The summed E-state index contributed by atoms with van der Waals surface area (Å²) in [6.07, 6.45) is 1.01. The Morgan fingerprint density at radius 3 is 2.07 bits per heavy atom. The summed E-state index contributed by atoms with van der Waals surface area (Å²) in [6.45, 7) is 11.0. The van der Waals surface area contributed by atoms with Crippen LogP contribution in [-0.4, -0.2) is 25.2 Å².